The highest BCUT2D eigenvalue weighted by Crippen LogP contribution is 2.45. The predicted molar refractivity (Wildman–Crippen MR) is 95.0 cm³/mol. The Hall–Kier alpha value is -1.75. The molecule has 0 saturated carbocycles. The zero-order valence-electron chi connectivity index (χ0n) is 15.1. The van der Waals surface area contributed by atoms with Gasteiger partial charge in [-0.15, -0.1) is 0 Å². The number of benzene rings is 1. The zero-order valence-corrected chi connectivity index (χ0v) is 15.1. The van der Waals surface area contributed by atoms with E-state index in [1.807, 2.05) is 12.1 Å². The van der Waals surface area contributed by atoms with Gasteiger partial charge < -0.3 is 19.7 Å². The first-order valence-electron chi connectivity index (χ1n) is 8.83. The van der Waals surface area contributed by atoms with Gasteiger partial charge in [0.05, 0.1) is 14.2 Å². The van der Waals surface area contributed by atoms with E-state index in [0.29, 0.717) is 24.1 Å². The van der Waals surface area contributed by atoms with Crippen LogP contribution in [0, 0.1) is 5.92 Å². The highest BCUT2D eigenvalue weighted by Gasteiger charge is 2.35. The third-order valence-electron chi connectivity index (χ3n) is 5.51. The number of hydrogen-bond donors (Lipinski definition) is 1. The molecule has 1 aromatic rings. The minimum Gasteiger partial charge on any atom is -0.493 e. The van der Waals surface area contributed by atoms with Gasteiger partial charge >= 0.3 is 0 Å². The number of carbonyl (C=O) groups is 1. The molecule has 0 radical (unpaired) electrons. The van der Waals surface area contributed by atoms with Crippen molar-refractivity contribution in [1.29, 1.82) is 0 Å². The van der Waals surface area contributed by atoms with Crippen LogP contribution in [0.4, 0.5) is 5.69 Å². The first-order chi connectivity index (χ1) is 11.5. The molecule has 1 saturated heterocycles. The largest absolute Gasteiger partial charge is 0.493 e. The summed E-state index contributed by atoms with van der Waals surface area (Å²) in [5, 5.41) is 3.00. The maximum Gasteiger partial charge on any atom is 0.225 e. The molecule has 1 atom stereocenters. The van der Waals surface area contributed by atoms with Gasteiger partial charge in [-0.2, -0.15) is 0 Å². The molecule has 1 amide bonds. The van der Waals surface area contributed by atoms with Crippen LogP contribution in [-0.4, -0.2) is 44.2 Å². The third-order valence-corrected chi connectivity index (χ3v) is 5.51. The van der Waals surface area contributed by atoms with Crippen LogP contribution in [0.25, 0.3) is 0 Å². The summed E-state index contributed by atoms with van der Waals surface area (Å²) < 4.78 is 10.8. The second-order valence-electron chi connectivity index (χ2n) is 7.12. The number of methoxy groups -OCH3 is 2. The highest BCUT2D eigenvalue weighted by molar-refractivity contribution is 5.95. The van der Waals surface area contributed by atoms with E-state index in [1.165, 1.54) is 5.56 Å². The summed E-state index contributed by atoms with van der Waals surface area (Å²) in [7, 11) is 3.27. The van der Waals surface area contributed by atoms with Crippen LogP contribution in [0.5, 0.6) is 11.5 Å². The van der Waals surface area contributed by atoms with Crippen molar-refractivity contribution in [3.05, 3.63) is 17.7 Å². The summed E-state index contributed by atoms with van der Waals surface area (Å²) in [6, 6.07) is 4.53. The molecule has 1 fully saturated rings. The van der Waals surface area contributed by atoms with Gasteiger partial charge in [0.25, 0.3) is 0 Å². The van der Waals surface area contributed by atoms with Crippen molar-refractivity contribution in [1.82, 2.24) is 4.90 Å². The van der Waals surface area contributed by atoms with Crippen LogP contribution < -0.4 is 14.8 Å². The van der Waals surface area contributed by atoms with Crippen LogP contribution in [0.3, 0.4) is 0 Å². The zero-order chi connectivity index (χ0) is 17.3. The highest BCUT2D eigenvalue weighted by atomic mass is 16.5. The van der Waals surface area contributed by atoms with E-state index < -0.39 is 0 Å². The van der Waals surface area contributed by atoms with Gasteiger partial charge in [-0.1, -0.05) is 0 Å². The van der Waals surface area contributed by atoms with Crippen molar-refractivity contribution in [2.24, 2.45) is 5.92 Å². The fourth-order valence-electron chi connectivity index (χ4n) is 4.08. The Morgan fingerprint density at radius 1 is 1.12 bits per heavy atom. The van der Waals surface area contributed by atoms with E-state index in [9.17, 15) is 4.79 Å². The summed E-state index contributed by atoms with van der Waals surface area (Å²) >= 11 is 0. The van der Waals surface area contributed by atoms with Gasteiger partial charge in [-0.3, -0.25) is 4.79 Å². The number of nitrogens with one attached hydrogen (secondary N) is 1. The molecule has 3 rings (SSSR count). The quantitative estimate of drug-likeness (QED) is 0.919. The first kappa shape index (κ1) is 17.1. The molecule has 132 valence electrons. The summed E-state index contributed by atoms with van der Waals surface area (Å²) in [6.07, 6.45) is 2.85. The summed E-state index contributed by atoms with van der Waals surface area (Å²) in [6.45, 7) is 6.73. The standard InChI is InChI=1S/C19H28N2O3/c1-12(2)21-7-5-13(6-8-21)14-10-19(22)20-16-11-18(24-4)17(23-3)9-15(14)16/h9,11-14H,5-8,10H2,1-4H3,(H,20,22). The van der Waals surface area contributed by atoms with Gasteiger partial charge in [0.1, 0.15) is 0 Å². The van der Waals surface area contributed by atoms with E-state index in [-0.39, 0.29) is 11.8 Å². The Morgan fingerprint density at radius 2 is 1.75 bits per heavy atom. The van der Waals surface area contributed by atoms with Crippen molar-refractivity contribution in [2.45, 2.75) is 45.1 Å². The SMILES string of the molecule is COc1cc2c(cc1OC)C(C1CCN(C(C)C)CC1)CC(=O)N2. The van der Waals surface area contributed by atoms with E-state index in [0.717, 1.165) is 37.4 Å². The monoisotopic (exact) mass is 332 g/mol. The van der Waals surface area contributed by atoms with Crippen molar-refractivity contribution in [2.75, 3.05) is 32.6 Å². The van der Waals surface area contributed by atoms with E-state index in [1.54, 1.807) is 14.2 Å². The van der Waals surface area contributed by atoms with Gasteiger partial charge in [0.2, 0.25) is 5.91 Å². The molecule has 0 spiro atoms. The van der Waals surface area contributed by atoms with Gasteiger partial charge in [-0.05, 0) is 63.2 Å². The van der Waals surface area contributed by atoms with Crippen LogP contribution in [0.1, 0.15) is 44.6 Å². The molecule has 5 nitrogen and oxygen atoms in total. The fourth-order valence-corrected chi connectivity index (χ4v) is 4.08. The van der Waals surface area contributed by atoms with Crippen LogP contribution in [0.15, 0.2) is 12.1 Å². The first-order valence-corrected chi connectivity index (χ1v) is 8.83. The Morgan fingerprint density at radius 3 is 2.33 bits per heavy atom. The third kappa shape index (κ3) is 3.22. The molecule has 0 bridgehead atoms. The lowest BCUT2D eigenvalue weighted by atomic mass is 9.76. The molecule has 0 aliphatic carbocycles. The molecule has 2 aliphatic heterocycles. The number of rotatable bonds is 4. The van der Waals surface area contributed by atoms with Crippen molar-refractivity contribution >= 4 is 11.6 Å². The number of fused-ring (bicyclic) bond motifs is 1. The maximum atomic E-state index is 12.2. The number of likely N-dealkylation sites (tertiary alicyclic amines) is 1. The van der Waals surface area contributed by atoms with Gasteiger partial charge in [0.15, 0.2) is 11.5 Å². The van der Waals surface area contributed by atoms with Gasteiger partial charge in [0, 0.05) is 24.2 Å². The molecule has 1 unspecified atom stereocenters. The molecule has 5 heteroatoms. The van der Waals surface area contributed by atoms with E-state index >= 15 is 0 Å². The molecule has 0 aromatic heterocycles. The normalized spacial score (nSPS) is 22.2. The average Bonchev–Trinajstić information content (AvgIpc) is 2.59. The Kier molecular flexibility index (Phi) is 4.99. The van der Waals surface area contributed by atoms with Crippen molar-refractivity contribution in [3.8, 4) is 11.5 Å². The molecular weight excluding hydrogens is 304 g/mol. The summed E-state index contributed by atoms with van der Waals surface area (Å²) in [5.41, 5.74) is 2.07. The number of amides is 1. The number of ether oxygens (including phenoxy) is 2. The lowest BCUT2D eigenvalue weighted by molar-refractivity contribution is -0.117. The minimum atomic E-state index is 0.103. The number of hydrogen-bond acceptors (Lipinski definition) is 4. The van der Waals surface area contributed by atoms with Crippen LogP contribution >= 0.6 is 0 Å². The summed E-state index contributed by atoms with van der Waals surface area (Å²) in [4.78, 5) is 14.7. The minimum absolute atomic E-state index is 0.103. The second-order valence-corrected chi connectivity index (χ2v) is 7.12. The van der Waals surface area contributed by atoms with Crippen molar-refractivity contribution in [3.63, 3.8) is 0 Å². The molecule has 1 N–H and O–H groups in total. The van der Waals surface area contributed by atoms with Crippen molar-refractivity contribution < 1.29 is 14.3 Å². The number of carbonyl (C=O) groups excluding carboxylic acids is 1. The molecular formula is C19H28N2O3. The number of anilines is 1. The second kappa shape index (κ2) is 7.01. The Balaban J connectivity index is 1.87. The topological polar surface area (TPSA) is 50.8 Å². The predicted octanol–water partition coefficient (Wildman–Crippen LogP) is 3.25. The lowest BCUT2D eigenvalue weighted by Crippen LogP contribution is -2.40. The summed E-state index contributed by atoms with van der Waals surface area (Å²) in [5.74, 6) is 2.31. The van der Waals surface area contributed by atoms with Crippen LogP contribution in [0.2, 0.25) is 0 Å². The van der Waals surface area contributed by atoms with Crippen LogP contribution in [-0.2, 0) is 4.79 Å². The smallest absolute Gasteiger partial charge is 0.225 e. The molecule has 24 heavy (non-hydrogen) atoms. The Bertz CT molecular complexity index is 607. The number of piperidine rings is 1. The maximum absolute atomic E-state index is 12.2. The van der Waals surface area contributed by atoms with E-state index in [2.05, 4.69) is 24.1 Å². The number of nitrogens with zero attached hydrogens (tertiary/aromatic N) is 1. The Labute approximate surface area is 144 Å². The molecule has 1 aromatic carbocycles. The molecule has 2 heterocycles. The van der Waals surface area contributed by atoms with Gasteiger partial charge in [-0.25, -0.2) is 0 Å². The lowest BCUT2D eigenvalue weighted by Gasteiger charge is -2.39. The molecule has 2 aliphatic rings. The average molecular weight is 332 g/mol. The fraction of sp³-hybridized carbons (Fsp3) is 0.632. The van der Waals surface area contributed by atoms with E-state index in [4.69, 9.17) is 9.47 Å².